The van der Waals surface area contributed by atoms with Gasteiger partial charge < -0.3 is 30.3 Å². The zero-order valence-corrected chi connectivity index (χ0v) is 35.2. The van der Waals surface area contributed by atoms with Crippen molar-refractivity contribution in [3.05, 3.63) is 35.9 Å². The average molecular weight is 815 g/mol. The van der Waals surface area contributed by atoms with Gasteiger partial charge in [0, 0.05) is 38.5 Å². The molecule has 2 aliphatic heterocycles. The summed E-state index contributed by atoms with van der Waals surface area (Å²) in [6.07, 6.45) is 5.32. The molecule has 0 spiro atoms. The van der Waals surface area contributed by atoms with E-state index in [1.807, 2.05) is 50.5 Å². The summed E-state index contributed by atoms with van der Waals surface area (Å²) in [5.74, 6) is -2.89. The van der Waals surface area contributed by atoms with Crippen LogP contribution in [0.4, 0.5) is 4.79 Å². The van der Waals surface area contributed by atoms with Crippen LogP contribution in [0, 0.1) is 5.92 Å². The first kappa shape index (κ1) is 43.4. The first-order valence-electron chi connectivity index (χ1n) is 19.7. The van der Waals surface area contributed by atoms with E-state index in [2.05, 4.69) is 20.7 Å². The lowest BCUT2D eigenvalue weighted by Crippen LogP contribution is -2.58. The van der Waals surface area contributed by atoms with Crippen molar-refractivity contribution >= 4 is 51.0 Å². The third kappa shape index (κ3) is 10.1. The van der Waals surface area contributed by atoms with Gasteiger partial charge in [0.2, 0.25) is 11.8 Å². The molecule has 0 unspecified atom stereocenters. The number of alkyl carbamates (subject to hydrolysis) is 1. The molecule has 3 aliphatic rings. The molecule has 2 fully saturated rings. The minimum atomic E-state index is -4.19. The van der Waals surface area contributed by atoms with E-state index < -0.39 is 69.3 Å². The number of nitrogens with zero attached hydrogens (tertiary/aromatic N) is 4. The maximum atomic E-state index is 14.6. The molecule has 57 heavy (non-hydrogen) atoms. The Kier molecular flexibility index (Phi) is 13.0. The highest BCUT2D eigenvalue weighted by atomic mass is 32.2. The molecule has 17 nitrogen and oxygen atoms in total. The van der Waals surface area contributed by atoms with Crippen LogP contribution in [0.25, 0.3) is 11.0 Å². The van der Waals surface area contributed by atoms with Gasteiger partial charge in [-0.3, -0.25) is 23.7 Å². The highest BCUT2D eigenvalue weighted by molar-refractivity contribution is 7.87. The number of carbonyl (C=O) groups is 5. The van der Waals surface area contributed by atoms with Gasteiger partial charge >= 0.3 is 16.3 Å². The number of ether oxygens (including phenoxy) is 2. The number of fused-ring (bicyclic) bond motifs is 3. The summed E-state index contributed by atoms with van der Waals surface area (Å²) in [5, 5.41) is 8.48. The van der Waals surface area contributed by atoms with Crippen molar-refractivity contribution < 1.29 is 41.9 Å². The zero-order valence-electron chi connectivity index (χ0n) is 34.4. The molecule has 1 aromatic heterocycles. The van der Waals surface area contributed by atoms with Crippen molar-refractivity contribution in [3.8, 4) is 6.01 Å². The Morgan fingerprint density at radius 1 is 1.07 bits per heavy atom. The molecule has 3 heterocycles. The van der Waals surface area contributed by atoms with Crippen LogP contribution in [0.2, 0.25) is 0 Å². The molecule has 5 rings (SSSR count). The number of rotatable bonds is 9. The van der Waals surface area contributed by atoms with Gasteiger partial charge in [-0.15, -0.1) is 0 Å². The zero-order chi connectivity index (χ0) is 42.0. The molecule has 4 N–H and O–H groups in total. The molecule has 2 aromatic rings. The van der Waals surface area contributed by atoms with E-state index in [-0.39, 0.29) is 49.8 Å². The maximum absolute atomic E-state index is 14.6. The van der Waals surface area contributed by atoms with Crippen LogP contribution in [0.1, 0.15) is 110 Å². The number of hydrogen-bond acceptors (Lipinski definition) is 10. The standard InChI is InChI=1S/C39H58N8O9S/c1-23(2)40-32(48)27-17-15-19-29-31(27)42-36(47(29)24(3)4)55-26-20-30-33(49)43-39(35(51)44-57(53,54)45(8)9)21-25(39)16-13-11-10-12-14-18-28(34(50)46(30)22-26)41-37(52)56-38(5,6)7/h13,15-17,19,23-26,28,30H,10-12,14,18,20-22H2,1-9H3,(H,40,48)(H,41,52)(H,43,49)(H,44,51)/b16-13-/t25-,26-,28+,30+,39-/m1/s1. The van der Waals surface area contributed by atoms with Crippen molar-refractivity contribution in [2.45, 2.75) is 135 Å². The first-order chi connectivity index (χ1) is 26.6. The van der Waals surface area contributed by atoms with Crippen LogP contribution in [0.15, 0.2) is 30.4 Å². The molecule has 314 valence electrons. The second kappa shape index (κ2) is 17.0. The molecule has 1 aliphatic carbocycles. The minimum absolute atomic E-state index is 0.0209. The molecular formula is C39H58N8O9S. The summed E-state index contributed by atoms with van der Waals surface area (Å²) in [5.41, 5.74) is -0.967. The highest BCUT2D eigenvalue weighted by Crippen LogP contribution is 2.46. The number of hydrogen-bond donors (Lipinski definition) is 4. The molecule has 0 radical (unpaired) electrons. The molecule has 18 heteroatoms. The highest BCUT2D eigenvalue weighted by Gasteiger charge is 2.62. The Balaban J connectivity index is 1.52. The van der Waals surface area contributed by atoms with Crippen molar-refractivity contribution in [2.24, 2.45) is 5.92 Å². The first-order valence-corrected chi connectivity index (χ1v) is 21.1. The van der Waals surface area contributed by atoms with Crippen LogP contribution in [-0.4, -0.2) is 113 Å². The average Bonchev–Trinajstić information content (AvgIpc) is 3.42. The number of benzene rings is 1. The predicted octanol–water partition coefficient (Wildman–Crippen LogP) is 3.31. The van der Waals surface area contributed by atoms with Crippen LogP contribution >= 0.6 is 0 Å². The van der Waals surface area contributed by atoms with Gasteiger partial charge in [0.05, 0.1) is 17.6 Å². The summed E-state index contributed by atoms with van der Waals surface area (Å²) in [6.45, 7) is 12.7. The van der Waals surface area contributed by atoms with Crippen molar-refractivity contribution in [3.63, 3.8) is 0 Å². The summed E-state index contributed by atoms with van der Waals surface area (Å²) >= 11 is 0. The number of carbonyl (C=O) groups excluding carboxylic acids is 5. The topological polar surface area (TPSA) is 210 Å². The van der Waals surface area contributed by atoms with Crippen LogP contribution in [0.3, 0.4) is 0 Å². The molecule has 5 amide bonds. The molecule has 1 saturated carbocycles. The molecule has 1 saturated heterocycles. The lowest BCUT2D eigenvalue weighted by Gasteiger charge is -2.30. The molecule has 5 atom stereocenters. The van der Waals surface area contributed by atoms with Gasteiger partial charge in [-0.05, 0) is 86.3 Å². The van der Waals surface area contributed by atoms with Gasteiger partial charge in [0.1, 0.15) is 34.8 Å². The van der Waals surface area contributed by atoms with Crippen molar-refractivity contribution in [1.29, 1.82) is 0 Å². The molecular weight excluding hydrogens is 757 g/mol. The third-order valence-electron chi connectivity index (χ3n) is 10.2. The predicted molar refractivity (Wildman–Crippen MR) is 212 cm³/mol. The fourth-order valence-electron chi connectivity index (χ4n) is 7.26. The quantitative estimate of drug-likeness (QED) is 0.272. The lowest BCUT2D eigenvalue weighted by molar-refractivity contribution is -0.141. The van der Waals surface area contributed by atoms with Gasteiger partial charge in [-0.2, -0.15) is 17.7 Å². The van der Waals surface area contributed by atoms with Gasteiger partial charge in [0.15, 0.2) is 0 Å². The van der Waals surface area contributed by atoms with Gasteiger partial charge in [-0.1, -0.05) is 31.1 Å². The van der Waals surface area contributed by atoms with E-state index in [9.17, 15) is 32.4 Å². The Bertz CT molecular complexity index is 2000. The number of aromatic nitrogens is 2. The summed E-state index contributed by atoms with van der Waals surface area (Å²) in [7, 11) is -1.63. The van der Waals surface area contributed by atoms with Crippen LogP contribution in [0.5, 0.6) is 6.01 Å². The Morgan fingerprint density at radius 2 is 1.79 bits per heavy atom. The fraction of sp³-hybridized carbons (Fsp3) is 0.641. The van der Waals surface area contributed by atoms with E-state index in [4.69, 9.17) is 14.5 Å². The van der Waals surface area contributed by atoms with E-state index in [0.29, 0.717) is 29.4 Å². The Labute approximate surface area is 334 Å². The van der Waals surface area contributed by atoms with Crippen LogP contribution in [-0.2, 0) is 29.3 Å². The molecule has 1 aromatic carbocycles. The number of imidazole rings is 1. The second-order valence-electron chi connectivity index (χ2n) is 16.9. The monoisotopic (exact) mass is 814 g/mol. The summed E-state index contributed by atoms with van der Waals surface area (Å²) in [6, 6.07) is 2.98. The minimum Gasteiger partial charge on any atom is -0.459 e. The van der Waals surface area contributed by atoms with E-state index in [0.717, 1.165) is 17.1 Å². The Morgan fingerprint density at radius 3 is 2.44 bits per heavy atom. The van der Waals surface area contributed by atoms with E-state index >= 15 is 0 Å². The van der Waals surface area contributed by atoms with Crippen molar-refractivity contribution in [1.82, 2.24) is 39.4 Å². The van der Waals surface area contributed by atoms with Gasteiger partial charge in [0.25, 0.3) is 17.8 Å². The van der Waals surface area contributed by atoms with Crippen LogP contribution < -0.4 is 25.4 Å². The third-order valence-corrected chi connectivity index (χ3v) is 11.6. The summed E-state index contributed by atoms with van der Waals surface area (Å²) in [4.78, 5) is 75.1. The number of amides is 5. The largest absolute Gasteiger partial charge is 0.459 e. The van der Waals surface area contributed by atoms with Gasteiger partial charge in [-0.25, -0.2) is 9.52 Å². The van der Waals surface area contributed by atoms with Crippen molar-refractivity contribution in [2.75, 3.05) is 20.6 Å². The number of nitrogens with one attached hydrogen (secondary N) is 4. The van der Waals surface area contributed by atoms with E-state index in [1.165, 1.54) is 19.0 Å². The van der Waals surface area contributed by atoms with E-state index in [1.54, 1.807) is 32.9 Å². The maximum Gasteiger partial charge on any atom is 0.408 e. The Hall–Kier alpha value is -4.71. The lowest BCUT2D eigenvalue weighted by atomic mass is 10.0. The smallest absolute Gasteiger partial charge is 0.408 e. The molecule has 0 bridgehead atoms. The SMILES string of the molecule is CC(C)NC(=O)c1cccc2c1nc(O[C@@H]1C[C@H]3C(=O)N[C@]4(C(=O)NS(=O)(=O)N(C)C)C[C@H]4/C=C\CCCCC[C@H](NC(=O)OC(C)(C)C)C(=O)N3C1)n2C(C)C. The number of allylic oxidation sites excluding steroid dienone is 1. The normalized spacial score (nSPS) is 25.2. The fourth-order valence-corrected chi connectivity index (χ4v) is 7.86. The summed E-state index contributed by atoms with van der Waals surface area (Å²) < 4.78 is 42.3. The second-order valence-corrected chi connectivity index (χ2v) is 18.8. The number of para-hydroxylation sites is 1.